The third-order valence-electron chi connectivity index (χ3n) is 4.30. The van der Waals surface area contributed by atoms with E-state index in [9.17, 15) is 10.1 Å². The Morgan fingerprint density at radius 2 is 1.78 bits per heavy atom. The lowest BCUT2D eigenvalue weighted by Crippen LogP contribution is -2.46. The Hall–Kier alpha value is -2.15. The average Bonchev–Trinajstić information content (AvgIpc) is 2.87. The summed E-state index contributed by atoms with van der Waals surface area (Å²) in [5.41, 5.74) is 3.30. The molecule has 122 valence electrons. The van der Waals surface area contributed by atoms with Crippen molar-refractivity contribution in [1.29, 1.82) is 0 Å². The lowest BCUT2D eigenvalue weighted by atomic mass is 10.1. The first kappa shape index (κ1) is 15.7. The molecule has 1 aliphatic rings. The summed E-state index contributed by atoms with van der Waals surface area (Å²) in [6.07, 6.45) is 0. The van der Waals surface area contributed by atoms with Crippen molar-refractivity contribution >= 4 is 27.8 Å². The van der Waals surface area contributed by atoms with Crippen molar-refractivity contribution in [2.75, 3.05) is 36.0 Å². The van der Waals surface area contributed by atoms with E-state index in [1.54, 1.807) is 23.5 Å². The summed E-state index contributed by atoms with van der Waals surface area (Å²) in [5, 5.41) is 11.9. The number of benzene rings is 1. The minimum absolute atomic E-state index is 0.152. The van der Waals surface area contributed by atoms with Crippen LogP contribution in [0.2, 0.25) is 0 Å². The monoisotopic (exact) mass is 332 g/mol. The van der Waals surface area contributed by atoms with Crippen LogP contribution in [-0.2, 0) is 0 Å². The van der Waals surface area contributed by atoms with E-state index in [4.69, 9.17) is 0 Å². The number of non-ortho nitro benzene ring substituents is 1. The topological polar surface area (TPSA) is 62.5 Å². The molecule has 0 bridgehead atoms. The highest BCUT2D eigenvalue weighted by Crippen LogP contribution is 2.29. The smallest absolute Gasteiger partial charge is 0.269 e. The molecule has 1 aromatic heterocycles. The van der Waals surface area contributed by atoms with Gasteiger partial charge in [-0.3, -0.25) is 10.1 Å². The summed E-state index contributed by atoms with van der Waals surface area (Å²) >= 11 is 1.75. The van der Waals surface area contributed by atoms with E-state index >= 15 is 0 Å². The average molecular weight is 332 g/mol. The molecule has 7 heteroatoms. The molecule has 0 aliphatic carbocycles. The normalized spacial score (nSPS) is 15.1. The highest BCUT2D eigenvalue weighted by molar-refractivity contribution is 7.15. The predicted molar refractivity (Wildman–Crippen MR) is 93.8 cm³/mol. The SMILES string of the molecule is Cc1cc([N+](=O)[O-])ccc1N1CCN(c2nc(C)c(C)s2)CC1. The van der Waals surface area contributed by atoms with Crippen LogP contribution in [0.25, 0.3) is 0 Å². The van der Waals surface area contributed by atoms with Gasteiger partial charge >= 0.3 is 0 Å². The fourth-order valence-electron chi connectivity index (χ4n) is 2.84. The number of nitro groups is 1. The number of anilines is 2. The summed E-state index contributed by atoms with van der Waals surface area (Å²) in [6, 6.07) is 5.10. The standard InChI is InChI=1S/C16H20N4O2S/c1-11-10-14(20(21)22)4-5-15(11)18-6-8-19(9-7-18)16-17-12(2)13(3)23-16/h4-5,10H,6-9H2,1-3H3. The van der Waals surface area contributed by atoms with Gasteiger partial charge in [-0.25, -0.2) is 4.98 Å². The van der Waals surface area contributed by atoms with E-state index in [0.29, 0.717) is 0 Å². The van der Waals surface area contributed by atoms with E-state index in [0.717, 1.165) is 48.3 Å². The molecule has 1 fully saturated rings. The fraction of sp³-hybridized carbons (Fsp3) is 0.438. The van der Waals surface area contributed by atoms with Crippen LogP contribution in [0.4, 0.5) is 16.5 Å². The summed E-state index contributed by atoms with van der Waals surface area (Å²) in [6.45, 7) is 9.72. The van der Waals surface area contributed by atoms with Crippen molar-refractivity contribution in [3.8, 4) is 0 Å². The quantitative estimate of drug-likeness (QED) is 0.637. The number of hydrogen-bond donors (Lipinski definition) is 0. The highest BCUT2D eigenvalue weighted by Gasteiger charge is 2.21. The van der Waals surface area contributed by atoms with Crippen molar-refractivity contribution in [2.45, 2.75) is 20.8 Å². The van der Waals surface area contributed by atoms with Crippen molar-refractivity contribution in [1.82, 2.24) is 4.98 Å². The van der Waals surface area contributed by atoms with E-state index in [1.807, 2.05) is 19.9 Å². The second-order valence-electron chi connectivity index (χ2n) is 5.84. The summed E-state index contributed by atoms with van der Waals surface area (Å²) < 4.78 is 0. The lowest BCUT2D eigenvalue weighted by Gasteiger charge is -2.36. The summed E-state index contributed by atoms with van der Waals surface area (Å²) in [5.74, 6) is 0. The Bertz CT molecular complexity index is 716. The zero-order valence-corrected chi connectivity index (χ0v) is 14.4. The van der Waals surface area contributed by atoms with Crippen LogP contribution in [0.15, 0.2) is 18.2 Å². The number of piperazine rings is 1. The molecule has 0 amide bonds. The lowest BCUT2D eigenvalue weighted by molar-refractivity contribution is -0.384. The van der Waals surface area contributed by atoms with Crippen LogP contribution in [0.1, 0.15) is 16.1 Å². The predicted octanol–water partition coefficient (Wildman–Crippen LogP) is 3.30. The number of hydrogen-bond acceptors (Lipinski definition) is 6. The number of aryl methyl sites for hydroxylation is 3. The molecule has 23 heavy (non-hydrogen) atoms. The van der Waals surface area contributed by atoms with E-state index < -0.39 is 0 Å². The molecule has 3 rings (SSSR count). The van der Waals surface area contributed by atoms with Crippen molar-refractivity contribution < 1.29 is 4.92 Å². The van der Waals surface area contributed by atoms with Crippen molar-refractivity contribution in [3.05, 3.63) is 44.4 Å². The molecule has 1 aromatic carbocycles. The van der Waals surface area contributed by atoms with Gasteiger partial charge in [0.15, 0.2) is 5.13 Å². The van der Waals surface area contributed by atoms with E-state index in [1.165, 1.54) is 4.88 Å². The van der Waals surface area contributed by atoms with E-state index in [2.05, 4.69) is 21.7 Å². The van der Waals surface area contributed by atoms with Gasteiger partial charge < -0.3 is 9.80 Å². The summed E-state index contributed by atoms with van der Waals surface area (Å²) in [4.78, 5) is 21.0. The minimum atomic E-state index is -0.345. The molecule has 2 aromatic rings. The maximum Gasteiger partial charge on any atom is 0.269 e. The maximum absolute atomic E-state index is 10.8. The molecular weight excluding hydrogens is 312 g/mol. The van der Waals surface area contributed by atoms with Crippen LogP contribution in [0, 0.1) is 30.9 Å². The van der Waals surface area contributed by atoms with Gasteiger partial charge in [0.25, 0.3) is 5.69 Å². The first-order valence-corrected chi connectivity index (χ1v) is 8.46. The number of thiazole rings is 1. The van der Waals surface area contributed by atoms with Crippen molar-refractivity contribution in [3.63, 3.8) is 0 Å². The summed E-state index contributed by atoms with van der Waals surface area (Å²) in [7, 11) is 0. The van der Waals surface area contributed by atoms with Crippen LogP contribution in [0.5, 0.6) is 0 Å². The van der Waals surface area contributed by atoms with Gasteiger partial charge in [0.05, 0.1) is 10.6 Å². The van der Waals surface area contributed by atoms with Crippen LogP contribution < -0.4 is 9.80 Å². The molecule has 0 unspecified atom stereocenters. The number of nitro benzene ring substituents is 1. The first-order valence-electron chi connectivity index (χ1n) is 7.64. The molecule has 0 radical (unpaired) electrons. The molecule has 0 saturated carbocycles. The Balaban J connectivity index is 1.70. The van der Waals surface area contributed by atoms with Gasteiger partial charge in [0, 0.05) is 48.9 Å². The van der Waals surface area contributed by atoms with Gasteiger partial charge in [0.1, 0.15) is 0 Å². The highest BCUT2D eigenvalue weighted by atomic mass is 32.1. The van der Waals surface area contributed by atoms with Gasteiger partial charge in [0.2, 0.25) is 0 Å². The largest absolute Gasteiger partial charge is 0.368 e. The Kier molecular flexibility index (Phi) is 4.21. The number of nitrogens with zero attached hydrogens (tertiary/aromatic N) is 4. The number of rotatable bonds is 3. The second kappa shape index (κ2) is 6.16. The van der Waals surface area contributed by atoms with Crippen LogP contribution in [0.3, 0.4) is 0 Å². The molecule has 0 spiro atoms. The minimum Gasteiger partial charge on any atom is -0.368 e. The Labute approximate surface area is 139 Å². The Morgan fingerprint density at radius 1 is 1.13 bits per heavy atom. The maximum atomic E-state index is 10.8. The van der Waals surface area contributed by atoms with Gasteiger partial charge in [-0.2, -0.15) is 0 Å². The molecule has 6 nitrogen and oxygen atoms in total. The van der Waals surface area contributed by atoms with Crippen molar-refractivity contribution in [2.24, 2.45) is 0 Å². The van der Waals surface area contributed by atoms with Gasteiger partial charge in [-0.05, 0) is 32.4 Å². The molecule has 1 aliphatic heterocycles. The van der Waals surface area contributed by atoms with Gasteiger partial charge in [-0.1, -0.05) is 0 Å². The van der Waals surface area contributed by atoms with E-state index in [-0.39, 0.29) is 10.6 Å². The first-order chi connectivity index (χ1) is 11.0. The Morgan fingerprint density at radius 3 is 2.30 bits per heavy atom. The van der Waals surface area contributed by atoms with Crippen LogP contribution >= 0.6 is 11.3 Å². The molecular formula is C16H20N4O2S. The molecule has 1 saturated heterocycles. The molecule has 0 atom stereocenters. The molecule has 0 N–H and O–H groups in total. The fourth-order valence-corrected chi connectivity index (χ4v) is 3.80. The van der Waals surface area contributed by atoms with Crippen LogP contribution in [-0.4, -0.2) is 36.1 Å². The number of aromatic nitrogens is 1. The third kappa shape index (κ3) is 3.14. The second-order valence-corrected chi connectivity index (χ2v) is 7.02. The zero-order chi connectivity index (χ0) is 16.6. The third-order valence-corrected chi connectivity index (χ3v) is 5.43. The zero-order valence-electron chi connectivity index (χ0n) is 13.6. The van der Waals surface area contributed by atoms with Gasteiger partial charge in [-0.15, -0.1) is 11.3 Å². The molecule has 2 heterocycles.